The van der Waals surface area contributed by atoms with Gasteiger partial charge in [-0.05, 0) is 26.0 Å². The first-order chi connectivity index (χ1) is 9.13. The maximum Gasteiger partial charge on any atom is 0.325 e. The van der Waals surface area contributed by atoms with E-state index in [1.54, 1.807) is 11.8 Å². The van der Waals surface area contributed by atoms with Crippen LogP contribution in [-0.4, -0.2) is 41.2 Å². The van der Waals surface area contributed by atoms with Gasteiger partial charge in [0.2, 0.25) is 0 Å². The van der Waals surface area contributed by atoms with Gasteiger partial charge in [-0.3, -0.25) is 4.79 Å². The highest BCUT2D eigenvalue weighted by molar-refractivity contribution is 5.81. The molecule has 1 aliphatic rings. The van der Waals surface area contributed by atoms with Gasteiger partial charge in [-0.15, -0.1) is 0 Å². The van der Waals surface area contributed by atoms with Gasteiger partial charge < -0.3 is 19.5 Å². The van der Waals surface area contributed by atoms with Crippen LogP contribution < -0.4 is 5.32 Å². The average Bonchev–Trinajstić information content (AvgIpc) is 2.86. The van der Waals surface area contributed by atoms with Crippen molar-refractivity contribution in [2.75, 3.05) is 19.7 Å². The molecule has 104 valence electrons. The average molecular weight is 265 g/mol. The smallest absolute Gasteiger partial charge is 0.325 e. The molecule has 1 aliphatic heterocycles. The third-order valence-electron chi connectivity index (χ3n) is 3.29. The predicted octanol–water partition coefficient (Wildman–Crippen LogP) is 1.14. The van der Waals surface area contributed by atoms with Crippen molar-refractivity contribution in [3.63, 3.8) is 0 Å². The molecular weight excluding hydrogens is 246 g/mol. The first kappa shape index (κ1) is 13.5. The van der Waals surface area contributed by atoms with Gasteiger partial charge in [0.25, 0.3) is 0 Å². The number of fused-ring (bicyclic) bond motifs is 1. The van der Waals surface area contributed by atoms with E-state index >= 15 is 0 Å². The van der Waals surface area contributed by atoms with Gasteiger partial charge in [0.05, 0.1) is 12.6 Å². The maximum atomic E-state index is 12.0. The Hall–Kier alpha value is -1.98. The van der Waals surface area contributed by atoms with E-state index in [-0.39, 0.29) is 18.6 Å². The summed E-state index contributed by atoms with van der Waals surface area (Å²) in [6, 6.07) is 3.76. The van der Waals surface area contributed by atoms with E-state index in [0.29, 0.717) is 13.2 Å². The van der Waals surface area contributed by atoms with Crippen LogP contribution in [0.25, 0.3) is 0 Å². The lowest BCUT2D eigenvalue weighted by Crippen LogP contribution is -2.47. The van der Waals surface area contributed by atoms with Crippen molar-refractivity contribution in [3.8, 4) is 0 Å². The van der Waals surface area contributed by atoms with Crippen LogP contribution in [0.2, 0.25) is 0 Å². The van der Waals surface area contributed by atoms with E-state index in [2.05, 4.69) is 9.88 Å². The van der Waals surface area contributed by atoms with Gasteiger partial charge in [0, 0.05) is 25.0 Å². The zero-order valence-electron chi connectivity index (χ0n) is 11.3. The minimum absolute atomic E-state index is 0.00551. The van der Waals surface area contributed by atoms with E-state index in [9.17, 15) is 9.59 Å². The summed E-state index contributed by atoms with van der Waals surface area (Å²) in [5, 5.41) is 2.59. The van der Waals surface area contributed by atoms with Crippen LogP contribution in [0.5, 0.6) is 0 Å². The van der Waals surface area contributed by atoms with Crippen LogP contribution in [0.1, 0.15) is 25.6 Å². The Morgan fingerprint density at radius 2 is 2.26 bits per heavy atom. The Morgan fingerprint density at radius 3 is 3.00 bits per heavy atom. The molecule has 6 nitrogen and oxygen atoms in total. The Kier molecular flexibility index (Phi) is 4.09. The number of aromatic nitrogens is 1. The molecule has 0 spiro atoms. The second kappa shape index (κ2) is 5.77. The van der Waals surface area contributed by atoms with Gasteiger partial charge in [-0.1, -0.05) is 0 Å². The van der Waals surface area contributed by atoms with E-state index in [0.717, 1.165) is 12.2 Å². The number of hydrogen-bond acceptors (Lipinski definition) is 3. The summed E-state index contributed by atoms with van der Waals surface area (Å²) in [5.74, 6) is -0.413. The van der Waals surface area contributed by atoms with Crippen LogP contribution in [0, 0.1) is 0 Å². The molecule has 0 bridgehead atoms. The van der Waals surface area contributed by atoms with Crippen LogP contribution in [-0.2, 0) is 16.1 Å². The molecule has 0 saturated carbocycles. The number of amides is 2. The molecule has 2 amide bonds. The zero-order valence-corrected chi connectivity index (χ0v) is 11.3. The van der Waals surface area contributed by atoms with Crippen molar-refractivity contribution < 1.29 is 14.3 Å². The predicted molar refractivity (Wildman–Crippen MR) is 69.6 cm³/mol. The minimum atomic E-state index is -0.413. The molecule has 19 heavy (non-hydrogen) atoms. The van der Waals surface area contributed by atoms with Crippen molar-refractivity contribution in [3.05, 3.63) is 24.0 Å². The second-order valence-corrected chi connectivity index (χ2v) is 4.46. The molecule has 1 atom stereocenters. The monoisotopic (exact) mass is 265 g/mol. The third-order valence-corrected chi connectivity index (χ3v) is 3.29. The largest absolute Gasteiger partial charge is 0.465 e. The Labute approximate surface area is 112 Å². The molecule has 6 heteroatoms. The lowest BCUT2D eigenvalue weighted by Gasteiger charge is -2.34. The number of nitrogens with zero attached hydrogens (tertiary/aromatic N) is 2. The lowest BCUT2D eigenvalue weighted by atomic mass is 10.1. The van der Waals surface area contributed by atoms with Crippen molar-refractivity contribution >= 4 is 12.0 Å². The second-order valence-electron chi connectivity index (χ2n) is 4.46. The summed E-state index contributed by atoms with van der Waals surface area (Å²) in [6.45, 7) is 5.37. The van der Waals surface area contributed by atoms with Crippen LogP contribution in [0.4, 0.5) is 4.79 Å². The van der Waals surface area contributed by atoms with Crippen LogP contribution in [0.15, 0.2) is 18.3 Å². The van der Waals surface area contributed by atoms with E-state index in [1.807, 2.05) is 25.3 Å². The summed E-state index contributed by atoms with van der Waals surface area (Å²) >= 11 is 0. The normalized spacial score (nSPS) is 17.8. The van der Waals surface area contributed by atoms with Crippen LogP contribution in [0.3, 0.4) is 0 Å². The molecular formula is C13H19N3O3. The molecule has 1 aromatic rings. The Balaban J connectivity index is 1.92. The fraction of sp³-hybridized carbons (Fsp3) is 0.538. The molecule has 0 fully saturated rings. The summed E-state index contributed by atoms with van der Waals surface area (Å²) in [7, 11) is 0. The number of ether oxygens (including phenoxy) is 1. The fourth-order valence-electron chi connectivity index (χ4n) is 2.32. The number of carbonyl (C=O) groups excluding carboxylic acids is 2. The number of hydrogen-bond donors (Lipinski definition) is 1. The van der Waals surface area contributed by atoms with Gasteiger partial charge in [0.15, 0.2) is 0 Å². The molecule has 0 saturated heterocycles. The molecule has 0 aromatic carbocycles. The lowest BCUT2D eigenvalue weighted by molar-refractivity contribution is -0.141. The zero-order chi connectivity index (χ0) is 13.8. The highest BCUT2D eigenvalue weighted by Crippen LogP contribution is 2.24. The Morgan fingerprint density at radius 1 is 1.47 bits per heavy atom. The van der Waals surface area contributed by atoms with Gasteiger partial charge in [-0.25, -0.2) is 4.79 Å². The van der Waals surface area contributed by atoms with Crippen molar-refractivity contribution in [2.24, 2.45) is 0 Å². The number of carbonyl (C=O) groups is 2. The number of nitrogens with one attached hydrogen (secondary N) is 1. The minimum Gasteiger partial charge on any atom is -0.465 e. The summed E-state index contributed by atoms with van der Waals surface area (Å²) < 4.78 is 6.91. The number of esters is 1. The molecule has 0 radical (unpaired) electrons. The van der Waals surface area contributed by atoms with Gasteiger partial charge in [-0.2, -0.15) is 0 Å². The highest BCUT2D eigenvalue weighted by atomic mass is 16.5. The quantitative estimate of drug-likeness (QED) is 0.833. The number of rotatable bonds is 3. The third kappa shape index (κ3) is 2.89. The first-order valence-electron chi connectivity index (χ1n) is 6.48. The van der Waals surface area contributed by atoms with Crippen LogP contribution >= 0.6 is 0 Å². The summed E-state index contributed by atoms with van der Waals surface area (Å²) in [4.78, 5) is 25.0. The fourth-order valence-corrected chi connectivity index (χ4v) is 2.32. The summed E-state index contributed by atoms with van der Waals surface area (Å²) in [5.41, 5.74) is 1.11. The van der Waals surface area contributed by atoms with Gasteiger partial charge in [0.1, 0.15) is 6.54 Å². The van der Waals surface area contributed by atoms with Crippen molar-refractivity contribution in [1.82, 2.24) is 14.8 Å². The van der Waals surface area contributed by atoms with Crippen molar-refractivity contribution in [2.45, 2.75) is 26.4 Å². The summed E-state index contributed by atoms with van der Waals surface area (Å²) in [6.07, 6.45) is 2.01. The van der Waals surface area contributed by atoms with Gasteiger partial charge >= 0.3 is 12.0 Å². The van der Waals surface area contributed by atoms with E-state index in [4.69, 9.17) is 4.74 Å². The molecule has 1 aromatic heterocycles. The molecule has 0 aliphatic carbocycles. The van der Waals surface area contributed by atoms with Crippen molar-refractivity contribution in [1.29, 1.82) is 0 Å². The number of urea groups is 1. The molecule has 2 heterocycles. The van der Waals surface area contributed by atoms with E-state index < -0.39 is 5.97 Å². The SMILES string of the molecule is CCOC(=O)CNC(=O)N1CCn2cccc2C1C. The Bertz CT molecular complexity index is 469. The highest BCUT2D eigenvalue weighted by Gasteiger charge is 2.27. The molecule has 2 rings (SSSR count). The molecule has 1 N–H and O–H groups in total. The maximum absolute atomic E-state index is 12.0. The first-order valence-corrected chi connectivity index (χ1v) is 6.48. The topological polar surface area (TPSA) is 63.6 Å². The standard InChI is InChI=1S/C13H19N3O3/c1-3-19-12(17)9-14-13(18)16-8-7-15-6-4-5-11(15)10(16)2/h4-6,10H,3,7-9H2,1-2H3,(H,14,18). The van der Waals surface area contributed by atoms with E-state index in [1.165, 1.54) is 0 Å². The molecule has 1 unspecified atom stereocenters.